The van der Waals surface area contributed by atoms with Crippen LogP contribution in [0, 0.1) is 0 Å². The average molecular weight is 219 g/mol. The average Bonchev–Trinajstić information content (AvgIpc) is 2.29. The van der Waals surface area contributed by atoms with E-state index >= 15 is 0 Å². The normalized spacial score (nSPS) is 19.7. The molecule has 0 saturated carbocycles. The SMILES string of the molecule is CCc1nc(NC2CC=CCC2)cc(=O)[nH]1. The molecule has 2 N–H and O–H groups in total. The zero-order chi connectivity index (χ0) is 11.4. The molecule has 16 heavy (non-hydrogen) atoms. The summed E-state index contributed by atoms with van der Waals surface area (Å²) < 4.78 is 0. The van der Waals surface area contributed by atoms with Crippen molar-refractivity contribution in [2.75, 3.05) is 5.32 Å². The first kappa shape index (κ1) is 10.9. The third-order valence-corrected chi connectivity index (χ3v) is 2.75. The van der Waals surface area contributed by atoms with E-state index in [1.165, 1.54) is 6.07 Å². The molecule has 4 heteroatoms. The molecule has 0 amide bonds. The van der Waals surface area contributed by atoms with Gasteiger partial charge in [0, 0.05) is 18.5 Å². The van der Waals surface area contributed by atoms with E-state index in [-0.39, 0.29) is 5.56 Å². The quantitative estimate of drug-likeness (QED) is 0.763. The van der Waals surface area contributed by atoms with Gasteiger partial charge in [0.1, 0.15) is 11.6 Å². The van der Waals surface area contributed by atoms with Gasteiger partial charge in [0.15, 0.2) is 0 Å². The second kappa shape index (κ2) is 4.96. The monoisotopic (exact) mass is 219 g/mol. The maximum atomic E-state index is 11.4. The fourth-order valence-corrected chi connectivity index (χ4v) is 1.88. The lowest BCUT2D eigenvalue weighted by molar-refractivity contribution is 0.641. The van der Waals surface area contributed by atoms with Crippen molar-refractivity contribution in [3.05, 3.63) is 34.4 Å². The van der Waals surface area contributed by atoms with Crippen molar-refractivity contribution in [2.24, 2.45) is 0 Å². The molecule has 0 saturated heterocycles. The molecule has 0 spiro atoms. The third kappa shape index (κ3) is 2.72. The van der Waals surface area contributed by atoms with Crippen LogP contribution in [0.4, 0.5) is 5.82 Å². The Balaban J connectivity index is 2.11. The number of nitrogens with zero attached hydrogens (tertiary/aromatic N) is 1. The first-order valence-corrected chi connectivity index (χ1v) is 5.79. The van der Waals surface area contributed by atoms with Gasteiger partial charge >= 0.3 is 0 Å². The molecular weight excluding hydrogens is 202 g/mol. The van der Waals surface area contributed by atoms with Gasteiger partial charge in [-0.3, -0.25) is 4.79 Å². The van der Waals surface area contributed by atoms with Crippen LogP contribution in [0.3, 0.4) is 0 Å². The van der Waals surface area contributed by atoms with Crippen LogP contribution in [-0.2, 0) is 6.42 Å². The van der Waals surface area contributed by atoms with Crippen molar-refractivity contribution in [2.45, 2.75) is 38.6 Å². The molecule has 1 aliphatic rings. The van der Waals surface area contributed by atoms with Gasteiger partial charge in [0.2, 0.25) is 0 Å². The van der Waals surface area contributed by atoms with E-state index < -0.39 is 0 Å². The second-order valence-electron chi connectivity index (χ2n) is 4.06. The fraction of sp³-hybridized carbons (Fsp3) is 0.500. The summed E-state index contributed by atoms with van der Waals surface area (Å²) in [4.78, 5) is 18.4. The van der Waals surface area contributed by atoms with E-state index in [0.717, 1.165) is 31.5 Å². The van der Waals surface area contributed by atoms with Crippen molar-refractivity contribution in [1.82, 2.24) is 9.97 Å². The molecule has 1 aliphatic carbocycles. The van der Waals surface area contributed by atoms with Gasteiger partial charge in [0.25, 0.3) is 5.56 Å². The van der Waals surface area contributed by atoms with Crippen LogP contribution in [0.2, 0.25) is 0 Å². The van der Waals surface area contributed by atoms with Gasteiger partial charge in [-0.25, -0.2) is 4.98 Å². The molecular formula is C12H17N3O. The minimum Gasteiger partial charge on any atom is -0.367 e. The predicted octanol–water partition coefficient (Wildman–Crippen LogP) is 1.85. The number of anilines is 1. The van der Waals surface area contributed by atoms with Crippen LogP contribution >= 0.6 is 0 Å². The molecule has 2 rings (SSSR count). The molecule has 86 valence electrons. The first-order chi connectivity index (χ1) is 7.78. The molecule has 0 radical (unpaired) electrons. The van der Waals surface area contributed by atoms with Crippen molar-refractivity contribution < 1.29 is 0 Å². The highest BCUT2D eigenvalue weighted by atomic mass is 16.1. The summed E-state index contributed by atoms with van der Waals surface area (Å²) in [5.41, 5.74) is -0.0827. The Kier molecular flexibility index (Phi) is 3.39. The number of aryl methyl sites for hydroxylation is 1. The molecule has 0 aliphatic heterocycles. The highest BCUT2D eigenvalue weighted by Crippen LogP contribution is 2.14. The van der Waals surface area contributed by atoms with Gasteiger partial charge in [-0.1, -0.05) is 19.1 Å². The lowest BCUT2D eigenvalue weighted by Crippen LogP contribution is -2.23. The zero-order valence-corrected chi connectivity index (χ0v) is 9.49. The molecule has 4 nitrogen and oxygen atoms in total. The predicted molar refractivity (Wildman–Crippen MR) is 64.6 cm³/mol. The molecule has 0 bridgehead atoms. The smallest absolute Gasteiger partial charge is 0.252 e. The summed E-state index contributed by atoms with van der Waals surface area (Å²) in [6.07, 6.45) is 8.33. The van der Waals surface area contributed by atoms with Crippen LogP contribution in [-0.4, -0.2) is 16.0 Å². The van der Waals surface area contributed by atoms with Gasteiger partial charge in [0.05, 0.1) is 0 Å². The van der Waals surface area contributed by atoms with E-state index in [2.05, 4.69) is 27.4 Å². The van der Waals surface area contributed by atoms with Gasteiger partial charge in [-0.15, -0.1) is 0 Å². The van der Waals surface area contributed by atoms with E-state index in [1.54, 1.807) is 0 Å². The molecule has 1 aromatic heterocycles. The van der Waals surface area contributed by atoms with Crippen molar-refractivity contribution >= 4 is 5.82 Å². The Hall–Kier alpha value is -1.58. The maximum Gasteiger partial charge on any atom is 0.252 e. The van der Waals surface area contributed by atoms with E-state index in [1.807, 2.05) is 6.92 Å². The van der Waals surface area contributed by atoms with E-state index in [9.17, 15) is 4.79 Å². The number of hydrogen-bond acceptors (Lipinski definition) is 3. The minimum absolute atomic E-state index is 0.0827. The topological polar surface area (TPSA) is 57.8 Å². The standard InChI is InChI=1S/C12H17N3O/c1-2-10-14-11(8-12(16)15-10)13-9-6-4-3-5-7-9/h3-4,8-9H,2,5-7H2,1H3,(H2,13,14,15,16). The number of H-pyrrole nitrogens is 1. The summed E-state index contributed by atoms with van der Waals surface area (Å²) in [7, 11) is 0. The highest BCUT2D eigenvalue weighted by Gasteiger charge is 2.10. The van der Waals surface area contributed by atoms with E-state index in [0.29, 0.717) is 11.9 Å². The number of hydrogen-bond donors (Lipinski definition) is 2. The molecule has 0 fully saturated rings. The number of rotatable bonds is 3. The summed E-state index contributed by atoms with van der Waals surface area (Å²) in [5.74, 6) is 1.43. The van der Waals surface area contributed by atoms with Gasteiger partial charge in [-0.2, -0.15) is 0 Å². The molecule has 1 heterocycles. The summed E-state index contributed by atoms with van der Waals surface area (Å²) in [6.45, 7) is 1.98. The van der Waals surface area contributed by atoms with Crippen LogP contribution in [0.25, 0.3) is 0 Å². The number of aromatic amines is 1. The number of allylic oxidation sites excluding steroid dienone is 1. The fourth-order valence-electron chi connectivity index (χ4n) is 1.88. The molecule has 1 aromatic rings. The van der Waals surface area contributed by atoms with Crippen LogP contribution in [0.5, 0.6) is 0 Å². The Labute approximate surface area is 94.8 Å². The zero-order valence-electron chi connectivity index (χ0n) is 9.49. The summed E-state index contributed by atoms with van der Waals surface area (Å²) in [6, 6.07) is 1.93. The van der Waals surface area contributed by atoms with Crippen LogP contribution in [0.15, 0.2) is 23.0 Å². The Bertz CT molecular complexity index is 436. The Morgan fingerprint density at radius 3 is 3.12 bits per heavy atom. The van der Waals surface area contributed by atoms with Crippen LogP contribution in [0.1, 0.15) is 32.0 Å². The van der Waals surface area contributed by atoms with E-state index in [4.69, 9.17) is 0 Å². The molecule has 1 unspecified atom stereocenters. The third-order valence-electron chi connectivity index (χ3n) is 2.75. The molecule has 1 atom stereocenters. The van der Waals surface area contributed by atoms with Crippen molar-refractivity contribution in [1.29, 1.82) is 0 Å². The maximum absolute atomic E-state index is 11.4. The largest absolute Gasteiger partial charge is 0.367 e. The minimum atomic E-state index is -0.0827. The lowest BCUT2D eigenvalue weighted by atomic mass is 10.0. The number of aromatic nitrogens is 2. The summed E-state index contributed by atoms with van der Waals surface area (Å²) >= 11 is 0. The van der Waals surface area contributed by atoms with Crippen molar-refractivity contribution in [3.8, 4) is 0 Å². The van der Waals surface area contributed by atoms with Gasteiger partial charge < -0.3 is 10.3 Å². The Morgan fingerprint density at radius 1 is 1.56 bits per heavy atom. The first-order valence-electron chi connectivity index (χ1n) is 5.79. The molecule has 0 aromatic carbocycles. The summed E-state index contributed by atoms with van der Waals surface area (Å²) in [5, 5.41) is 3.31. The number of nitrogens with one attached hydrogen (secondary N) is 2. The second-order valence-corrected chi connectivity index (χ2v) is 4.06. The van der Waals surface area contributed by atoms with Crippen LogP contribution < -0.4 is 10.9 Å². The Morgan fingerprint density at radius 2 is 2.44 bits per heavy atom. The lowest BCUT2D eigenvalue weighted by Gasteiger charge is -2.19. The van der Waals surface area contributed by atoms with Gasteiger partial charge in [-0.05, 0) is 19.3 Å². The van der Waals surface area contributed by atoms with Crippen molar-refractivity contribution in [3.63, 3.8) is 0 Å². The highest BCUT2D eigenvalue weighted by molar-refractivity contribution is 5.34.